The van der Waals surface area contributed by atoms with Crippen LogP contribution >= 0.6 is 0 Å². The van der Waals surface area contributed by atoms with Gasteiger partial charge in [0.2, 0.25) is 0 Å². The molecule has 2 N–H and O–H groups in total. The molecule has 382 valence electrons. The van der Waals surface area contributed by atoms with Crippen molar-refractivity contribution in [3.63, 3.8) is 0 Å². The molecule has 0 radical (unpaired) electrons. The normalized spacial score (nSPS) is 15.0. The number of rotatable bonds is 15. The van der Waals surface area contributed by atoms with Crippen molar-refractivity contribution in [2.45, 2.75) is 133 Å². The number of benzene rings is 4. The second-order valence-electron chi connectivity index (χ2n) is 17.3. The molecule has 2 aliphatic rings. The van der Waals surface area contributed by atoms with E-state index >= 15 is 0 Å². The van der Waals surface area contributed by atoms with E-state index in [0.717, 1.165) is 57.3 Å². The minimum Gasteiger partial charge on any atom is -0.457 e. The van der Waals surface area contributed by atoms with Gasteiger partial charge in [-0.15, -0.1) is 26.0 Å². The summed E-state index contributed by atoms with van der Waals surface area (Å²) < 4.78 is 5.36. The van der Waals surface area contributed by atoms with Gasteiger partial charge >= 0.3 is 5.97 Å². The number of aliphatic hydroxyl groups is 1. The van der Waals surface area contributed by atoms with Crippen molar-refractivity contribution in [2.24, 2.45) is 0 Å². The van der Waals surface area contributed by atoms with Gasteiger partial charge in [-0.3, -0.25) is 0 Å². The number of aryl methyl sites for hydroxylation is 6. The summed E-state index contributed by atoms with van der Waals surface area (Å²) in [5.74, 6) is -0.200. The molecule has 0 aliphatic heterocycles. The van der Waals surface area contributed by atoms with Crippen LogP contribution in [0.3, 0.4) is 0 Å². The number of nitrogens with zero attached hydrogens (tertiary/aromatic N) is 2. The summed E-state index contributed by atoms with van der Waals surface area (Å²) in [7, 11) is 2.91. The van der Waals surface area contributed by atoms with Crippen LogP contribution in [0, 0.1) is 54.4 Å². The molecule has 0 saturated heterocycles. The van der Waals surface area contributed by atoms with Gasteiger partial charge in [0.1, 0.15) is 6.10 Å². The Morgan fingerprint density at radius 2 is 1.17 bits per heavy atom. The second-order valence-corrected chi connectivity index (χ2v) is 17.3. The molecule has 4 aromatic carbocycles. The molecule has 6 heteroatoms. The highest BCUT2D eigenvalue weighted by Gasteiger charge is 2.27. The van der Waals surface area contributed by atoms with E-state index in [1.807, 2.05) is 46.9 Å². The highest BCUT2D eigenvalue weighted by Crippen LogP contribution is 2.41. The highest BCUT2D eigenvalue weighted by molar-refractivity contribution is 5.87. The Morgan fingerprint density at radius 1 is 0.746 bits per heavy atom. The first-order valence-electron chi connectivity index (χ1n) is 25.4. The first kappa shape index (κ1) is 62.6. The fourth-order valence-corrected chi connectivity index (χ4v) is 9.45. The standard InChI is InChI=1S/C47H52N2.C11H19NO2.2C2H6.C2H2.CH4O/c1-10-16-44(39-17-14-13-15-18-39)45(40-19-23-42(24-20-40)48(27-11-2)46-35(6)29-33(4)30-36(46)7)41-21-25-43(26-22-41)49(28-12-3)47-37(8)31-34(5)32-38(47)9;1-8(2)11(13)14-10-7-5-4-6-9(10)12-3;4*1-2/h10-17,19-26,29-32,45H,2-3,18,27-28H2,1,4-9H3;9-10,12H,1,4-7H2,2-3H3;2*1-2H3;1-2H;2H,1H3/b16-10-,44-39+;;;;;. The van der Waals surface area contributed by atoms with Crippen LogP contribution in [0.5, 0.6) is 0 Å². The van der Waals surface area contributed by atoms with Crippen LogP contribution < -0.4 is 15.1 Å². The molecule has 0 aromatic heterocycles. The van der Waals surface area contributed by atoms with Crippen molar-refractivity contribution in [2.75, 3.05) is 37.0 Å². The zero-order valence-corrected chi connectivity index (χ0v) is 46.2. The first-order valence-corrected chi connectivity index (χ1v) is 25.4. The van der Waals surface area contributed by atoms with Gasteiger partial charge < -0.3 is 25.0 Å². The Bertz CT molecular complexity index is 2250. The van der Waals surface area contributed by atoms with Crippen molar-refractivity contribution >= 4 is 28.7 Å². The van der Waals surface area contributed by atoms with E-state index in [9.17, 15) is 4.79 Å². The zero-order valence-electron chi connectivity index (χ0n) is 46.2. The van der Waals surface area contributed by atoms with Crippen LogP contribution in [0.4, 0.5) is 22.7 Å². The SMILES string of the molecule is C#C.C=C(C)C(=O)OC1CCCCC1NC.C=CCN(c1ccc(C(C(/C=C\C)=C2\C=CC=CC2)c2ccc(N(CC=C)c3c(C)cc(C)cc3C)cc2)cc1)c1c(C)cc(C)cc1C.CC.CC.CO. The summed E-state index contributed by atoms with van der Waals surface area (Å²) in [6, 6.07) is 27.8. The van der Waals surface area contributed by atoms with Gasteiger partial charge in [-0.05, 0) is 157 Å². The number of anilines is 4. The highest BCUT2D eigenvalue weighted by atomic mass is 16.5. The van der Waals surface area contributed by atoms with Crippen LogP contribution in [0.2, 0.25) is 0 Å². The lowest BCUT2D eigenvalue weighted by molar-refractivity contribution is -0.147. The van der Waals surface area contributed by atoms with Gasteiger partial charge in [-0.1, -0.05) is 149 Å². The molecule has 0 bridgehead atoms. The lowest BCUT2D eigenvalue weighted by atomic mass is 9.81. The molecule has 1 fully saturated rings. The van der Waals surface area contributed by atoms with Crippen LogP contribution in [-0.2, 0) is 9.53 Å². The predicted molar refractivity (Wildman–Crippen MR) is 312 cm³/mol. The van der Waals surface area contributed by atoms with Crippen LogP contribution in [0.15, 0.2) is 158 Å². The van der Waals surface area contributed by atoms with Crippen molar-refractivity contribution in [1.29, 1.82) is 0 Å². The summed E-state index contributed by atoms with van der Waals surface area (Å²) in [4.78, 5) is 16.1. The quantitative estimate of drug-likeness (QED) is 0.0536. The molecule has 6 nitrogen and oxygen atoms in total. The van der Waals surface area contributed by atoms with Gasteiger partial charge in [0.15, 0.2) is 0 Å². The summed E-state index contributed by atoms with van der Waals surface area (Å²) in [5.41, 5.74) is 18.2. The summed E-state index contributed by atoms with van der Waals surface area (Å²) in [5, 5.41) is 10.2. The monoisotopic (exact) mass is 960 g/mol. The molecular weight excluding hydrogens is 871 g/mol. The number of hydrogen-bond donors (Lipinski definition) is 2. The number of allylic oxidation sites excluding steroid dienone is 8. The van der Waals surface area contributed by atoms with Gasteiger partial charge in [0.05, 0.1) is 0 Å². The van der Waals surface area contributed by atoms with E-state index < -0.39 is 0 Å². The fraction of sp³-hybridized carbons (Fsp3) is 0.369. The number of carbonyl (C=O) groups is 1. The molecule has 2 aliphatic carbocycles. The number of hydrogen-bond acceptors (Lipinski definition) is 6. The number of likely N-dealkylation sites (N-methyl/N-ethyl adjacent to an activating group) is 1. The van der Waals surface area contributed by atoms with Crippen molar-refractivity contribution in [3.8, 4) is 12.8 Å². The molecule has 0 spiro atoms. The average Bonchev–Trinajstić information content (AvgIpc) is 3.38. The molecule has 2 atom stereocenters. The van der Waals surface area contributed by atoms with Gasteiger partial charge in [0, 0.05) is 60.5 Å². The van der Waals surface area contributed by atoms with Crippen molar-refractivity contribution < 1.29 is 14.6 Å². The summed E-state index contributed by atoms with van der Waals surface area (Å²) >= 11 is 0. The maximum absolute atomic E-state index is 11.3. The minimum atomic E-state index is -0.267. The van der Waals surface area contributed by atoms with E-state index in [-0.39, 0.29) is 18.0 Å². The third-order valence-corrected chi connectivity index (χ3v) is 12.1. The molecule has 0 heterocycles. The smallest absolute Gasteiger partial charge is 0.333 e. The molecule has 4 aromatic rings. The third kappa shape index (κ3) is 18.1. The third-order valence-electron chi connectivity index (χ3n) is 12.1. The Balaban J connectivity index is 0.000000963. The van der Waals surface area contributed by atoms with Gasteiger partial charge in [-0.2, -0.15) is 0 Å². The largest absolute Gasteiger partial charge is 0.457 e. The minimum absolute atomic E-state index is 0.0259. The number of nitrogens with one attached hydrogen (secondary N) is 1. The Labute approximate surface area is 432 Å². The Morgan fingerprint density at radius 3 is 1.52 bits per heavy atom. The van der Waals surface area contributed by atoms with Crippen LogP contribution in [-0.4, -0.2) is 50.5 Å². The van der Waals surface area contributed by atoms with Crippen molar-refractivity contribution in [3.05, 3.63) is 202 Å². The maximum atomic E-state index is 11.3. The predicted octanol–water partition coefficient (Wildman–Crippen LogP) is 16.3. The number of terminal acetylenes is 1. The second kappa shape index (κ2) is 34.0. The van der Waals surface area contributed by atoms with Crippen molar-refractivity contribution in [1.82, 2.24) is 5.32 Å². The van der Waals surface area contributed by atoms with Crippen LogP contribution in [0.25, 0.3) is 0 Å². The van der Waals surface area contributed by atoms with E-state index in [1.165, 1.54) is 73.4 Å². The maximum Gasteiger partial charge on any atom is 0.333 e. The molecule has 0 amide bonds. The lowest BCUT2D eigenvalue weighted by Gasteiger charge is -2.30. The Hall–Kier alpha value is -6.39. The Kier molecular flexibility index (Phi) is 30.0. The summed E-state index contributed by atoms with van der Waals surface area (Å²) in [6.07, 6.45) is 30.6. The number of carbonyl (C=O) groups excluding carboxylic acids is 1. The van der Waals surface area contributed by atoms with Crippen LogP contribution in [0.1, 0.15) is 124 Å². The molecule has 71 heavy (non-hydrogen) atoms. The number of ether oxygens (including phenoxy) is 1. The number of esters is 1. The number of aliphatic hydroxyl groups excluding tert-OH is 1. The topological polar surface area (TPSA) is 65.0 Å². The molecular formula is C65H89N3O3. The fourth-order valence-electron chi connectivity index (χ4n) is 9.45. The van der Waals surface area contributed by atoms with E-state index in [1.54, 1.807) is 6.92 Å². The summed E-state index contributed by atoms with van der Waals surface area (Å²) in [6.45, 7) is 38.2. The van der Waals surface area contributed by atoms with Gasteiger partial charge in [0.25, 0.3) is 0 Å². The molecule has 1 saturated carbocycles. The van der Waals surface area contributed by atoms with E-state index in [0.29, 0.717) is 11.6 Å². The van der Waals surface area contributed by atoms with E-state index in [2.05, 4.69) is 205 Å². The first-order chi connectivity index (χ1) is 34.3. The zero-order chi connectivity index (χ0) is 53.6. The van der Waals surface area contributed by atoms with Gasteiger partial charge in [-0.25, -0.2) is 4.79 Å². The lowest BCUT2D eigenvalue weighted by Crippen LogP contribution is -2.42. The van der Waals surface area contributed by atoms with E-state index in [4.69, 9.17) is 9.84 Å². The average molecular weight is 960 g/mol. The molecule has 2 unspecified atom stereocenters. The molecule has 6 rings (SSSR count).